The molecule has 1 aliphatic heterocycles. The molecule has 70 valence electrons. The number of hydrogen-bond acceptors (Lipinski definition) is 4. The molecule has 0 fully saturated rings. The molecule has 0 aliphatic carbocycles. The van der Waals surface area contributed by atoms with Crippen molar-refractivity contribution in [3.8, 4) is 0 Å². The van der Waals surface area contributed by atoms with E-state index in [1.165, 1.54) is 9.75 Å². The van der Waals surface area contributed by atoms with E-state index in [4.69, 9.17) is 4.74 Å². The Bertz CT molecular complexity index is 343. The first kappa shape index (κ1) is 8.56. The van der Waals surface area contributed by atoms with Gasteiger partial charge in [0.15, 0.2) is 0 Å². The van der Waals surface area contributed by atoms with Gasteiger partial charge < -0.3 is 10.1 Å². The minimum Gasteiger partial charge on any atom is -0.463 e. The zero-order valence-corrected chi connectivity index (χ0v) is 8.57. The molecule has 1 aromatic heterocycles. The molecule has 0 atom stereocenters. The van der Waals surface area contributed by atoms with E-state index in [1.54, 1.807) is 11.3 Å². The quantitative estimate of drug-likeness (QED) is 0.746. The molecule has 0 unspecified atom stereocenters. The number of hydrogen-bond donors (Lipinski definition) is 1. The number of amidine groups is 1. The van der Waals surface area contributed by atoms with Crippen LogP contribution in [0.3, 0.4) is 0 Å². The Morgan fingerprint density at radius 2 is 2.38 bits per heavy atom. The number of aryl methyl sites for hydroxylation is 2. The molecule has 0 aromatic carbocycles. The summed E-state index contributed by atoms with van der Waals surface area (Å²) in [5, 5.41) is 3.17. The Balaban J connectivity index is 2.12. The van der Waals surface area contributed by atoms with Crippen LogP contribution in [0.25, 0.3) is 0 Å². The summed E-state index contributed by atoms with van der Waals surface area (Å²) < 4.78 is 5.26. The molecule has 0 saturated heterocycles. The van der Waals surface area contributed by atoms with Crippen molar-refractivity contribution in [3.05, 3.63) is 15.8 Å². The van der Waals surface area contributed by atoms with Gasteiger partial charge in [-0.2, -0.15) is 0 Å². The minimum absolute atomic E-state index is 0.654. The van der Waals surface area contributed by atoms with E-state index in [-0.39, 0.29) is 0 Å². The van der Waals surface area contributed by atoms with Crippen molar-refractivity contribution in [1.82, 2.24) is 0 Å². The molecule has 1 aliphatic rings. The van der Waals surface area contributed by atoms with Crippen LogP contribution in [-0.4, -0.2) is 19.2 Å². The number of ether oxygens (including phenoxy) is 1. The summed E-state index contributed by atoms with van der Waals surface area (Å²) >= 11 is 1.78. The lowest BCUT2D eigenvalue weighted by molar-refractivity contribution is 0.346. The molecule has 0 saturated carbocycles. The van der Waals surface area contributed by atoms with E-state index in [2.05, 4.69) is 30.2 Å². The molecule has 3 nitrogen and oxygen atoms in total. The fourth-order valence-corrected chi connectivity index (χ4v) is 2.16. The summed E-state index contributed by atoms with van der Waals surface area (Å²) in [5.41, 5.74) is 1.11. The van der Waals surface area contributed by atoms with Gasteiger partial charge in [-0.1, -0.05) is 0 Å². The largest absolute Gasteiger partial charge is 0.463 e. The standard InChI is InChI=1S/C9H12N2OS/c1-6-5-8(7(2)13-6)11-9-10-3-4-12-9/h5H,3-4H2,1-2H3,(H,10,11). The van der Waals surface area contributed by atoms with Crippen LogP contribution in [0.4, 0.5) is 5.69 Å². The highest BCUT2D eigenvalue weighted by atomic mass is 32.1. The maximum atomic E-state index is 5.26. The van der Waals surface area contributed by atoms with Gasteiger partial charge in [0.1, 0.15) is 6.61 Å². The smallest absolute Gasteiger partial charge is 0.289 e. The lowest BCUT2D eigenvalue weighted by Gasteiger charge is -2.03. The average molecular weight is 196 g/mol. The molecule has 1 N–H and O–H groups in total. The van der Waals surface area contributed by atoms with Crippen LogP contribution in [-0.2, 0) is 4.74 Å². The third-order valence-electron chi connectivity index (χ3n) is 1.87. The number of nitrogens with zero attached hydrogens (tertiary/aromatic N) is 1. The van der Waals surface area contributed by atoms with Gasteiger partial charge in [-0.25, -0.2) is 4.99 Å². The predicted molar refractivity (Wildman–Crippen MR) is 55.7 cm³/mol. The van der Waals surface area contributed by atoms with Gasteiger partial charge in [0.2, 0.25) is 0 Å². The van der Waals surface area contributed by atoms with Crippen molar-refractivity contribution in [1.29, 1.82) is 0 Å². The van der Waals surface area contributed by atoms with Crippen molar-refractivity contribution in [2.24, 2.45) is 4.99 Å². The normalized spacial score (nSPS) is 15.4. The molecule has 4 heteroatoms. The molecule has 1 aromatic rings. The van der Waals surface area contributed by atoms with Gasteiger partial charge in [-0.15, -0.1) is 11.3 Å². The van der Waals surface area contributed by atoms with E-state index in [9.17, 15) is 0 Å². The molecule has 0 amide bonds. The number of aliphatic imine (C=N–C) groups is 1. The molecule has 13 heavy (non-hydrogen) atoms. The molecule has 2 heterocycles. The van der Waals surface area contributed by atoms with Crippen LogP contribution < -0.4 is 5.32 Å². The van der Waals surface area contributed by atoms with E-state index >= 15 is 0 Å². The van der Waals surface area contributed by atoms with E-state index in [1.807, 2.05) is 0 Å². The Kier molecular flexibility index (Phi) is 2.22. The molecule has 0 bridgehead atoms. The maximum Gasteiger partial charge on any atom is 0.289 e. The number of rotatable bonds is 1. The average Bonchev–Trinajstić information content (AvgIpc) is 2.63. The highest BCUT2D eigenvalue weighted by Gasteiger charge is 2.09. The molecular weight excluding hydrogens is 184 g/mol. The van der Waals surface area contributed by atoms with Gasteiger partial charge in [-0.3, -0.25) is 0 Å². The Labute approximate surface area is 81.4 Å². The lowest BCUT2D eigenvalue weighted by atomic mass is 10.4. The summed E-state index contributed by atoms with van der Waals surface area (Å²) in [7, 11) is 0. The van der Waals surface area contributed by atoms with Gasteiger partial charge in [0.25, 0.3) is 6.02 Å². The van der Waals surface area contributed by atoms with Crippen LogP contribution in [0.1, 0.15) is 9.75 Å². The summed E-state index contributed by atoms with van der Waals surface area (Å²) in [6.07, 6.45) is 0. The van der Waals surface area contributed by atoms with E-state index < -0.39 is 0 Å². The van der Waals surface area contributed by atoms with Crippen molar-refractivity contribution in [3.63, 3.8) is 0 Å². The molecular formula is C9H12N2OS. The Morgan fingerprint density at radius 1 is 1.54 bits per heavy atom. The van der Waals surface area contributed by atoms with Crippen molar-refractivity contribution in [2.45, 2.75) is 13.8 Å². The second kappa shape index (κ2) is 3.38. The minimum atomic E-state index is 0.654. The van der Waals surface area contributed by atoms with Gasteiger partial charge in [0, 0.05) is 9.75 Å². The number of anilines is 1. The van der Waals surface area contributed by atoms with Gasteiger partial charge in [0.05, 0.1) is 12.2 Å². The number of thiophene rings is 1. The van der Waals surface area contributed by atoms with Crippen molar-refractivity contribution >= 4 is 23.0 Å². The van der Waals surface area contributed by atoms with Crippen LogP contribution in [0.5, 0.6) is 0 Å². The SMILES string of the molecule is Cc1cc(NC2=NCCO2)c(C)s1. The summed E-state index contributed by atoms with van der Waals surface area (Å²) in [6.45, 7) is 5.66. The monoisotopic (exact) mass is 196 g/mol. The second-order valence-corrected chi connectivity index (χ2v) is 4.45. The zero-order valence-electron chi connectivity index (χ0n) is 7.76. The summed E-state index contributed by atoms with van der Waals surface area (Å²) in [4.78, 5) is 6.75. The highest BCUT2D eigenvalue weighted by molar-refractivity contribution is 7.12. The van der Waals surface area contributed by atoms with E-state index in [0.717, 1.165) is 12.2 Å². The number of nitrogens with one attached hydrogen (secondary N) is 1. The first-order chi connectivity index (χ1) is 6.25. The van der Waals surface area contributed by atoms with Gasteiger partial charge >= 0.3 is 0 Å². The fraction of sp³-hybridized carbons (Fsp3) is 0.444. The summed E-state index contributed by atoms with van der Waals surface area (Å²) in [6, 6.07) is 2.77. The molecule has 0 radical (unpaired) electrons. The fourth-order valence-electron chi connectivity index (χ4n) is 1.28. The third kappa shape index (κ3) is 1.83. The topological polar surface area (TPSA) is 33.6 Å². The summed E-state index contributed by atoms with van der Waals surface area (Å²) in [5.74, 6) is 0. The second-order valence-electron chi connectivity index (χ2n) is 2.99. The first-order valence-corrected chi connectivity index (χ1v) is 5.08. The van der Waals surface area contributed by atoms with Gasteiger partial charge in [-0.05, 0) is 19.9 Å². The maximum absolute atomic E-state index is 5.26. The van der Waals surface area contributed by atoms with Crippen LogP contribution in [0.2, 0.25) is 0 Å². The van der Waals surface area contributed by atoms with E-state index in [0.29, 0.717) is 12.6 Å². The highest BCUT2D eigenvalue weighted by Crippen LogP contribution is 2.25. The Hall–Kier alpha value is -1.03. The van der Waals surface area contributed by atoms with Crippen LogP contribution >= 0.6 is 11.3 Å². The first-order valence-electron chi connectivity index (χ1n) is 4.27. The molecule has 2 rings (SSSR count). The zero-order chi connectivity index (χ0) is 9.26. The van der Waals surface area contributed by atoms with Crippen LogP contribution in [0.15, 0.2) is 11.1 Å². The van der Waals surface area contributed by atoms with Crippen molar-refractivity contribution < 1.29 is 4.74 Å². The predicted octanol–water partition coefficient (Wildman–Crippen LogP) is 2.16. The molecule has 0 spiro atoms. The van der Waals surface area contributed by atoms with Crippen LogP contribution in [0, 0.1) is 13.8 Å². The third-order valence-corrected chi connectivity index (χ3v) is 2.83. The Morgan fingerprint density at radius 3 is 2.92 bits per heavy atom. The lowest BCUT2D eigenvalue weighted by Crippen LogP contribution is -2.11. The van der Waals surface area contributed by atoms with Crippen molar-refractivity contribution in [2.75, 3.05) is 18.5 Å².